The van der Waals surface area contributed by atoms with Crippen LogP contribution in [-0.4, -0.2) is 30.2 Å². The summed E-state index contributed by atoms with van der Waals surface area (Å²) in [4.78, 5) is 8.29. The Balaban J connectivity index is 0.00000484. The molecule has 9 heteroatoms. The minimum Gasteiger partial charge on any atom is -0.443 e. The van der Waals surface area contributed by atoms with Crippen LogP contribution < -0.4 is 10.6 Å². The predicted octanol–water partition coefficient (Wildman–Crippen LogP) is 3.60. The Morgan fingerprint density at radius 2 is 1.91 bits per heavy atom. The van der Waals surface area contributed by atoms with Gasteiger partial charge in [-0.05, 0) is 6.92 Å². The minimum atomic E-state index is -4.19. The van der Waals surface area contributed by atoms with E-state index in [9.17, 15) is 13.2 Å². The highest BCUT2D eigenvalue weighted by molar-refractivity contribution is 14.0. The van der Waals surface area contributed by atoms with E-state index in [2.05, 4.69) is 20.6 Å². The molecule has 0 atom stereocenters. The van der Waals surface area contributed by atoms with Gasteiger partial charge in [-0.1, -0.05) is 20.8 Å². The molecule has 0 aromatic carbocycles. The summed E-state index contributed by atoms with van der Waals surface area (Å²) in [6, 6.07) is 0. The summed E-state index contributed by atoms with van der Waals surface area (Å²) in [6.45, 7) is 8.34. The van der Waals surface area contributed by atoms with Crippen molar-refractivity contribution < 1.29 is 17.6 Å². The van der Waals surface area contributed by atoms with Gasteiger partial charge < -0.3 is 15.1 Å². The maximum atomic E-state index is 12.1. The Labute approximate surface area is 151 Å². The number of oxazole rings is 1. The Morgan fingerprint density at radius 3 is 2.39 bits per heavy atom. The van der Waals surface area contributed by atoms with Crippen molar-refractivity contribution in [2.75, 3.05) is 13.1 Å². The summed E-state index contributed by atoms with van der Waals surface area (Å²) < 4.78 is 42.0. The first-order valence-corrected chi connectivity index (χ1v) is 7.16. The average Bonchev–Trinajstić information content (AvgIpc) is 2.83. The number of hydrogen-bond acceptors (Lipinski definition) is 3. The largest absolute Gasteiger partial charge is 0.443 e. The lowest BCUT2D eigenvalue weighted by Crippen LogP contribution is -2.38. The van der Waals surface area contributed by atoms with Gasteiger partial charge in [-0.25, -0.2) is 9.98 Å². The zero-order chi connectivity index (χ0) is 16.8. The highest BCUT2D eigenvalue weighted by Crippen LogP contribution is 2.22. The Morgan fingerprint density at radius 1 is 1.26 bits per heavy atom. The number of aromatic nitrogens is 1. The van der Waals surface area contributed by atoms with E-state index < -0.39 is 12.6 Å². The van der Waals surface area contributed by atoms with Crippen molar-refractivity contribution in [1.29, 1.82) is 0 Å². The maximum Gasteiger partial charge on any atom is 0.390 e. The van der Waals surface area contributed by atoms with E-state index in [1.807, 2.05) is 27.7 Å². The second-order valence-electron chi connectivity index (χ2n) is 5.86. The quantitative estimate of drug-likeness (QED) is 0.411. The first-order chi connectivity index (χ1) is 10.1. The topological polar surface area (TPSA) is 62.5 Å². The van der Waals surface area contributed by atoms with E-state index in [1.54, 1.807) is 6.20 Å². The highest BCUT2D eigenvalue weighted by Gasteiger charge is 2.26. The minimum absolute atomic E-state index is 0. The lowest BCUT2D eigenvalue weighted by molar-refractivity contribution is -0.132. The molecule has 0 saturated carbocycles. The van der Waals surface area contributed by atoms with Gasteiger partial charge in [-0.2, -0.15) is 13.2 Å². The zero-order valence-corrected chi connectivity index (χ0v) is 16.1. The third kappa shape index (κ3) is 9.01. The van der Waals surface area contributed by atoms with Crippen LogP contribution in [0.2, 0.25) is 0 Å². The smallest absolute Gasteiger partial charge is 0.390 e. The van der Waals surface area contributed by atoms with Gasteiger partial charge in [-0.3, -0.25) is 0 Å². The number of rotatable bonds is 5. The van der Waals surface area contributed by atoms with Crippen LogP contribution in [0.15, 0.2) is 15.6 Å². The predicted molar refractivity (Wildman–Crippen MR) is 94.1 cm³/mol. The fourth-order valence-corrected chi connectivity index (χ4v) is 1.54. The second kappa shape index (κ2) is 9.33. The van der Waals surface area contributed by atoms with Gasteiger partial charge in [0.2, 0.25) is 5.89 Å². The molecule has 0 aliphatic rings. The lowest BCUT2D eigenvalue weighted by atomic mass is 9.94. The first kappa shape index (κ1) is 22.0. The molecular formula is C14H24F3IN4O. The van der Waals surface area contributed by atoms with Crippen LogP contribution in [0.25, 0.3) is 0 Å². The molecule has 0 fully saturated rings. The molecule has 0 radical (unpaired) electrons. The number of nitrogens with zero attached hydrogens (tertiary/aromatic N) is 2. The van der Waals surface area contributed by atoms with E-state index in [0.717, 1.165) is 5.76 Å². The number of aliphatic imine (C=N–C) groups is 1. The van der Waals surface area contributed by atoms with E-state index in [0.29, 0.717) is 18.4 Å². The van der Waals surface area contributed by atoms with Crippen molar-refractivity contribution in [2.24, 2.45) is 4.99 Å². The van der Waals surface area contributed by atoms with Gasteiger partial charge >= 0.3 is 6.18 Å². The zero-order valence-electron chi connectivity index (χ0n) is 13.8. The fourth-order valence-electron chi connectivity index (χ4n) is 1.54. The van der Waals surface area contributed by atoms with Gasteiger partial charge in [0.1, 0.15) is 12.3 Å². The molecule has 1 aromatic heterocycles. The normalized spacial score (nSPS) is 12.7. The number of hydrogen-bond donors (Lipinski definition) is 2. The third-order valence-corrected chi connectivity index (χ3v) is 2.71. The van der Waals surface area contributed by atoms with E-state index >= 15 is 0 Å². The van der Waals surface area contributed by atoms with E-state index in [-0.39, 0.29) is 42.5 Å². The molecule has 0 aliphatic carbocycles. The molecule has 1 aromatic rings. The van der Waals surface area contributed by atoms with Gasteiger partial charge in [0.05, 0.1) is 12.6 Å². The molecule has 134 valence electrons. The monoisotopic (exact) mass is 448 g/mol. The van der Waals surface area contributed by atoms with Crippen LogP contribution in [-0.2, 0) is 12.0 Å². The summed E-state index contributed by atoms with van der Waals surface area (Å²) in [7, 11) is 0. The molecule has 5 nitrogen and oxygen atoms in total. The Bertz CT molecular complexity index is 495. The molecule has 0 unspecified atom stereocenters. The molecule has 0 amide bonds. The van der Waals surface area contributed by atoms with Gasteiger partial charge in [0.25, 0.3) is 0 Å². The summed E-state index contributed by atoms with van der Waals surface area (Å²) in [5.41, 5.74) is -0.148. The standard InChI is InChI=1S/C14H23F3N4O.HI/c1-5-18-12(19-7-6-14(15,16)17)21-9-11-20-8-10(22-11)13(2,3)4;/h8H,5-7,9H2,1-4H3,(H2,18,19,21);1H. The van der Waals surface area contributed by atoms with Crippen molar-refractivity contribution >= 4 is 29.9 Å². The number of nitrogens with one attached hydrogen (secondary N) is 2. The SMILES string of the molecule is CCNC(=NCc1ncc(C(C)(C)C)o1)NCCC(F)(F)F.I. The second-order valence-corrected chi connectivity index (χ2v) is 5.86. The van der Waals surface area contributed by atoms with Crippen molar-refractivity contribution in [1.82, 2.24) is 15.6 Å². The Kier molecular flexibility index (Phi) is 8.93. The van der Waals surface area contributed by atoms with Crippen LogP contribution >= 0.6 is 24.0 Å². The van der Waals surface area contributed by atoms with Crippen LogP contribution in [0.1, 0.15) is 45.8 Å². The van der Waals surface area contributed by atoms with Crippen molar-refractivity contribution in [2.45, 2.75) is 52.3 Å². The summed E-state index contributed by atoms with van der Waals surface area (Å²) in [6.07, 6.45) is -3.45. The molecule has 0 aliphatic heterocycles. The van der Waals surface area contributed by atoms with E-state index in [1.165, 1.54) is 0 Å². The fraction of sp³-hybridized carbons (Fsp3) is 0.714. The first-order valence-electron chi connectivity index (χ1n) is 7.16. The lowest BCUT2D eigenvalue weighted by Gasteiger charge is -2.13. The number of halogens is 4. The Hall–Kier alpha value is -1.00. The van der Waals surface area contributed by atoms with Crippen LogP contribution in [0.3, 0.4) is 0 Å². The molecular weight excluding hydrogens is 424 g/mol. The summed E-state index contributed by atoms with van der Waals surface area (Å²) >= 11 is 0. The molecule has 23 heavy (non-hydrogen) atoms. The summed E-state index contributed by atoms with van der Waals surface area (Å²) in [5, 5.41) is 5.51. The van der Waals surface area contributed by atoms with E-state index in [4.69, 9.17) is 4.42 Å². The molecule has 0 bridgehead atoms. The maximum absolute atomic E-state index is 12.1. The average molecular weight is 448 g/mol. The number of alkyl halides is 3. The molecule has 1 rings (SSSR count). The molecule has 0 saturated heterocycles. The van der Waals surface area contributed by atoms with Crippen molar-refractivity contribution in [3.8, 4) is 0 Å². The number of guanidine groups is 1. The van der Waals surface area contributed by atoms with Crippen LogP contribution in [0.5, 0.6) is 0 Å². The molecule has 1 heterocycles. The van der Waals surface area contributed by atoms with Crippen molar-refractivity contribution in [3.63, 3.8) is 0 Å². The van der Waals surface area contributed by atoms with Crippen LogP contribution in [0.4, 0.5) is 13.2 Å². The van der Waals surface area contributed by atoms with Gasteiger partial charge in [-0.15, -0.1) is 24.0 Å². The summed E-state index contributed by atoms with van der Waals surface area (Å²) in [5.74, 6) is 1.48. The van der Waals surface area contributed by atoms with Crippen molar-refractivity contribution in [3.05, 3.63) is 17.8 Å². The highest BCUT2D eigenvalue weighted by atomic mass is 127. The molecule has 2 N–H and O–H groups in total. The molecule has 0 spiro atoms. The third-order valence-electron chi connectivity index (χ3n) is 2.71. The van der Waals surface area contributed by atoms with Gasteiger partial charge in [0.15, 0.2) is 5.96 Å². The van der Waals surface area contributed by atoms with Gasteiger partial charge in [0, 0.05) is 18.5 Å². The van der Waals surface area contributed by atoms with Crippen LogP contribution in [0, 0.1) is 0 Å².